The van der Waals surface area contributed by atoms with E-state index < -0.39 is 0 Å². The highest BCUT2D eigenvalue weighted by molar-refractivity contribution is 5.48. The van der Waals surface area contributed by atoms with E-state index in [1.54, 1.807) is 0 Å². The van der Waals surface area contributed by atoms with Gasteiger partial charge in [-0.15, -0.1) is 0 Å². The van der Waals surface area contributed by atoms with Crippen molar-refractivity contribution in [2.75, 3.05) is 30.3 Å². The molecule has 0 spiro atoms. The molecule has 2 aromatic carbocycles. The summed E-state index contributed by atoms with van der Waals surface area (Å²) in [6, 6.07) is 18.5. The normalized spacial score (nSPS) is 10.4. The molecule has 24 heavy (non-hydrogen) atoms. The average molecular weight is 326 g/mol. The van der Waals surface area contributed by atoms with E-state index in [0.29, 0.717) is 0 Å². The molecule has 130 valence electrons. The molecule has 0 unspecified atom stereocenters. The van der Waals surface area contributed by atoms with E-state index in [0.717, 1.165) is 43.2 Å². The molecular weight excluding hydrogens is 296 g/mol. The van der Waals surface area contributed by atoms with Crippen LogP contribution in [-0.2, 0) is 0 Å². The number of benzene rings is 2. The van der Waals surface area contributed by atoms with E-state index in [1.165, 1.54) is 25.7 Å². The lowest BCUT2D eigenvalue weighted by Crippen LogP contribution is -2.13. The fourth-order valence-corrected chi connectivity index (χ4v) is 2.56. The lowest BCUT2D eigenvalue weighted by molar-refractivity contribution is 0.304. The van der Waals surface area contributed by atoms with Crippen molar-refractivity contribution in [2.45, 2.75) is 39.0 Å². The molecule has 0 aliphatic carbocycles. The van der Waals surface area contributed by atoms with Crippen LogP contribution in [0.5, 0.6) is 5.75 Å². The molecule has 2 rings (SSSR count). The van der Waals surface area contributed by atoms with E-state index in [9.17, 15) is 0 Å². The Morgan fingerprint density at radius 2 is 1.46 bits per heavy atom. The molecule has 0 saturated heterocycles. The van der Waals surface area contributed by atoms with Gasteiger partial charge < -0.3 is 15.4 Å². The highest BCUT2D eigenvalue weighted by Gasteiger charge is 1.97. The number of nitrogens with one attached hydrogen (secondary N) is 2. The summed E-state index contributed by atoms with van der Waals surface area (Å²) in [5.74, 6) is 0.950. The Kier molecular flexibility index (Phi) is 8.63. The Morgan fingerprint density at radius 1 is 0.750 bits per heavy atom. The number of hydrogen-bond acceptors (Lipinski definition) is 3. The maximum Gasteiger partial charge on any atom is 0.121 e. The Hall–Kier alpha value is -2.16. The van der Waals surface area contributed by atoms with Crippen molar-refractivity contribution >= 4 is 11.4 Å². The van der Waals surface area contributed by atoms with Crippen LogP contribution in [-0.4, -0.2) is 19.7 Å². The highest BCUT2D eigenvalue weighted by atomic mass is 16.5. The standard InChI is InChI=1S/C21H30N2O/c1-2-3-4-5-9-17-24-21-14-10-13-20(18-21)23-16-15-22-19-11-7-6-8-12-19/h6-8,10-14,18,22-23H,2-5,9,15-17H2,1H3. The van der Waals surface area contributed by atoms with Crippen LogP contribution in [0.1, 0.15) is 39.0 Å². The van der Waals surface area contributed by atoms with Crippen LogP contribution >= 0.6 is 0 Å². The van der Waals surface area contributed by atoms with Crippen LogP contribution < -0.4 is 15.4 Å². The summed E-state index contributed by atoms with van der Waals surface area (Å²) in [5, 5.41) is 6.83. The molecule has 3 heteroatoms. The lowest BCUT2D eigenvalue weighted by Gasteiger charge is -2.11. The van der Waals surface area contributed by atoms with Gasteiger partial charge in [-0.05, 0) is 30.7 Å². The molecule has 0 amide bonds. The topological polar surface area (TPSA) is 33.3 Å². The van der Waals surface area contributed by atoms with Gasteiger partial charge in [0.15, 0.2) is 0 Å². The molecular formula is C21H30N2O. The summed E-state index contributed by atoms with van der Waals surface area (Å²) in [5.41, 5.74) is 2.26. The van der Waals surface area contributed by atoms with E-state index in [-0.39, 0.29) is 0 Å². The van der Waals surface area contributed by atoms with Crippen molar-refractivity contribution < 1.29 is 4.74 Å². The van der Waals surface area contributed by atoms with Crippen molar-refractivity contribution in [3.05, 3.63) is 54.6 Å². The lowest BCUT2D eigenvalue weighted by atomic mass is 10.2. The fraction of sp³-hybridized carbons (Fsp3) is 0.429. The van der Waals surface area contributed by atoms with Crippen LogP contribution in [0, 0.1) is 0 Å². The minimum Gasteiger partial charge on any atom is -0.494 e. The molecule has 2 N–H and O–H groups in total. The van der Waals surface area contributed by atoms with Crippen LogP contribution in [0.2, 0.25) is 0 Å². The summed E-state index contributed by atoms with van der Waals surface area (Å²) in [6.45, 7) is 4.80. The molecule has 3 nitrogen and oxygen atoms in total. The van der Waals surface area contributed by atoms with Crippen molar-refractivity contribution in [1.29, 1.82) is 0 Å². The minimum atomic E-state index is 0.808. The SMILES string of the molecule is CCCCCCCOc1cccc(NCCNc2ccccc2)c1. The largest absolute Gasteiger partial charge is 0.494 e. The molecule has 0 bridgehead atoms. The Balaban J connectivity index is 1.63. The van der Waals surface area contributed by atoms with Crippen LogP contribution in [0.25, 0.3) is 0 Å². The average Bonchev–Trinajstić information content (AvgIpc) is 2.63. The van der Waals surface area contributed by atoms with Gasteiger partial charge in [-0.3, -0.25) is 0 Å². The summed E-state index contributed by atoms with van der Waals surface area (Å²) < 4.78 is 5.85. The number of ether oxygens (including phenoxy) is 1. The van der Waals surface area contributed by atoms with E-state index in [4.69, 9.17) is 4.74 Å². The summed E-state index contributed by atoms with van der Waals surface area (Å²) >= 11 is 0. The smallest absolute Gasteiger partial charge is 0.121 e. The second-order valence-electron chi connectivity index (χ2n) is 6.01. The molecule has 0 atom stereocenters. The number of anilines is 2. The monoisotopic (exact) mass is 326 g/mol. The van der Waals surface area contributed by atoms with Gasteiger partial charge >= 0.3 is 0 Å². The number of unbranched alkanes of at least 4 members (excludes halogenated alkanes) is 4. The predicted molar refractivity (Wildman–Crippen MR) is 104 cm³/mol. The number of rotatable bonds is 12. The zero-order valence-electron chi connectivity index (χ0n) is 14.8. The second kappa shape index (κ2) is 11.4. The van der Waals surface area contributed by atoms with E-state index in [1.807, 2.05) is 30.3 Å². The maximum atomic E-state index is 5.85. The number of para-hydroxylation sites is 1. The first-order chi connectivity index (χ1) is 11.9. The van der Waals surface area contributed by atoms with Gasteiger partial charge in [0, 0.05) is 30.5 Å². The Labute approximate surface area is 146 Å². The second-order valence-corrected chi connectivity index (χ2v) is 6.01. The van der Waals surface area contributed by atoms with Gasteiger partial charge in [-0.25, -0.2) is 0 Å². The molecule has 0 aromatic heterocycles. The third kappa shape index (κ3) is 7.40. The summed E-state index contributed by atoms with van der Waals surface area (Å²) in [6.07, 6.45) is 6.33. The van der Waals surface area contributed by atoms with Gasteiger partial charge in [0.25, 0.3) is 0 Å². The van der Waals surface area contributed by atoms with Gasteiger partial charge in [0.05, 0.1) is 6.61 Å². The first-order valence-electron chi connectivity index (χ1n) is 9.14. The summed E-state index contributed by atoms with van der Waals surface area (Å²) in [7, 11) is 0. The predicted octanol–water partition coefficient (Wildman–Crippen LogP) is 5.56. The maximum absolute atomic E-state index is 5.85. The molecule has 0 saturated carbocycles. The van der Waals surface area contributed by atoms with Crippen molar-refractivity contribution in [2.24, 2.45) is 0 Å². The van der Waals surface area contributed by atoms with Crippen LogP contribution in [0.4, 0.5) is 11.4 Å². The third-order valence-electron chi connectivity index (χ3n) is 3.91. The quantitative estimate of drug-likeness (QED) is 0.501. The van der Waals surface area contributed by atoms with Crippen molar-refractivity contribution in [3.63, 3.8) is 0 Å². The first-order valence-corrected chi connectivity index (χ1v) is 9.14. The molecule has 0 heterocycles. The van der Waals surface area contributed by atoms with Gasteiger partial charge in [-0.1, -0.05) is 56.9 Å². The zero-order chi connectivity index (χ0) is 16.9. The van der Waals surface area contributed by atoms with Gasteiger partial charge in [0.1, 0.15) is 5.75 Å². The van der Waals surface area contributed by atoms with Gasteiger partial charge in [-0.2, -0.15) is 0 Å². The van der Waals surface area contributed by atoms with Crippen molar-refractivity contribution in [1.82, 2.24) is 0 Å². The molecule has 0 aliphatic rings. The molecule has 0 radical (unpaired) electrons. The van der Waals surface area contributed by atoms with E-state index >= 15 is 0 Å². The van der Waals surface area contributed by atoms with E-state index in [2.05, 4.69) is 41.8 Å². The Morgan fingerprint density at radius 3 is 2.25 bits per heavy atom. The summed E-state index contributed by atoms with van der Waals surface area (Å²) in [4.78, 5) is 0. The third-order valence-corrected chi connectivity index (χ3v) is 3.91. The first kappa shape index (κ1) is 18.2. The van der Waals surface area contributed by atoms with Crippen molar-refractivity contribution in [3.8, 4) is 5.75 Å². The van der Waals surface area contributed by atoms with Crippen LogP contribution in [0.3, 0.4) is 0 Å². The van der Waals surface area contributed by atoms with Crippen LogP contribution in [0.15, 0.2) is 54.6 Å². The fourth-order valence-electron chi connectivity index (χ4n) is 2.56. The molecule has 0 aliphatic heterocycles. The minimum absolute atomic E-state index is 0.808. The molecule has 0 fully saturated rings. The molecule has 2 aromatic rings. The number of hydrogen-bond donors (Lipinski definition) is 2. The highest BCUT2D eigenvalue weighted by Crippen LogP contribution is 2.17. The Bertz CT molecular complexity index is 557. The van der Waals surface area contributed by atoms with Gasteiger partial charge in [0.2, 0.25) is 0 Å². The zero-order valence-corrected chi connectivity index (χ0v) is 14.8.